The number of hydrogen-bond acceptors (Lipinski definition) is 3. The van der Waals surface area contributed by atoms with Crippen LogP contribution in [0.2, 0.25) is 24.7 Å². The van der Waals surface area contributed by atoms with Crippen molar-refractivity contribution in [3.63, 3.8) is 0 Å². The first-order valence-electron chi connectivity index (χ1n) is 11.3. The second-order valence-corrected chi connectivity index (χ2v) is 14.5. The van der Waals surface area contributed by atoms with Crippen molar-refractivity contribution in [2.75, 3.05) is 4.90 Å². The molecule has 4 nitrogen and oxygen atoms in total. The first kappa shape index (κ1) is 24.6. The number of unbranched alkanes of at least 4 members (excludes halogenated alkanes) is 1. The van der Waals surface area contributed by atoms with E-state index in [4.69, 9.17) is 20.8 Å². The fourth-order valence-electron chi connectivity index (χ4n) is 4.08. The van der Waals surface area contributed by atoms with Gasteiger partial charge in [0, 0.05) is 10.6 Å². The second kappa shape index (κ2) is 10.2. The Hall–Kier alpha value is -2.08. The minimum atomic E-state index is -1.71. The standard InChI is InChI=1S/C26H34ClNO3Si/c1-6-7-16-26(2,31-32(3,4)5)17-10-13-25(29)28-19-20-11-8-9-12-23(20)30-24-15-14-21(27)18-22(24)28/h8-15,18H,6-7,16-17,19H2,1-5H3/b13-10+. The molecule has 1 heterocycles. The number of benzene rings is 2. The largest absolute Gasteiger partial charge is 0.455 e. The van der Waals surface area contributed by atoms with Crippen molar-refractivity contribution in [3.05, 3.63) is 65.2 Å². The van der Waals surface area contributed by atoms with E-state index in [1.165, 1.54) is 0 Å². The number of carbonyl (C=O) groups excluding carboxylic acids is 1. The van der Waals surface area contributed by atoms with Crippen LogP contribution in [0.5, 0.6) is 11.5 Å². The van der Waals surface area contributed by atoms with Crippen LogP contribution in [0, 0.1) is 0 Å². The van der Waals surface area contributed by atoms with Gasteiger partial charge in [0.15, 0.2) is 14.1 Å². The zero-order valence-corrected chi connectivity index (χ0v) is 21.5. The van der Waals surface area contributed by atoms with Crippen molar-refractivity contribution in [3.8, 4) is 11.5 Å². The molecule has 1 aliphatic rings. The van der Waals surface area contributed by atoms with Crippen molar-refractivity contribution < 1.29 is 14.0 Å². The molecule has 1 aliphatic heterocycles. The molecule has 1 atom stereocenters. The normalized spacial score (nSPS) is 15.5. The van der Waals surface area contributed by atoms with Crippen LogP contribution in [0.15, 0.2) is 54.6 Å². The van der Waals surface area contributed by atoms with Crippen LogP contribution in [0.1, 0.15) is 45.1 Å². The van der Waals surface area contributed by atoms with Gasteiger partial charge in [0.25, 0.3) is 5.91 Å². The molecule has 0 aliphatic carbocycles. The Kier molecular flexibility index (Phi) is 7.86. The number of halogens is 1. The molecular weight excluding hydrogens is 438 g/mol. The molecule has 172 valence electrons. The van der Waals surface area contributed by atoms with Gasteiger partial charge in [-0.05, 0) is 69.7 Å². The predicted molar refractivity (Wildman–Crippen MR) is 135 cm³/mol. The lowest BCUT2D eigenvalue weighted by Gasteiger charge is -2.36. The minimum Gasteiger partial charge on any atom is -0.455 e. The summed E-state index contributed by atoms with van der Waals surface area (Å²) in [6.07, 6.45) is 7.53. The SMILES string of the molecule is CCCCC(C)(C/C=C/C(=O)N1Cc2ccccc2Oc2ccc(Cl)cc21)O[Si](C)(C)C. The van der Waals surface area contributed by atoms with Gasteiger partial charge in [0.05, 0.1) is 17.8 Å². The van der Waals surface area contributed by atoms with E-state index in [1.807, 2.05) is 36.4 Å². The highest BCUT2D eigenvalue weighted by Crippen LogP contribution is 2.40. The average molecular weight is 472 g/mol. The zero-order valence-electron chi connectivity index (χ0n) is 19.8. The lowest BCUT2D eigenvalue weighted by molar-refractivity contribution is -0.114. The van der Waals surface area contributed by atoms with Gasteiger partial charge in [-0.2, -0.15) is 0 Å². The van der Waals surface area contributed by atoms with Crippen LogP contribution >= 0.6 is 11.6 Å². The summed E-state index contributed by atoms with van der Waals surface area (Å²) in [6, 6.07) is 13.2. The van der Waals surface area contributed by atoms with Crippen LogP contribution in [0.3, 0.4) is 0 Å². The second-order valence-electron chi connectivity index (χ2n) is 9.62. The monoisotopic (exact) mass is 471 g/mol. The number of para-hydroxylation sites is 1. The van der Waals surface area contributed by atoms with E-state index in [-0.39, 0.29) is 11.5 Å². The Balaban J connectivity index is 1.84. The van der Waals surface area contributed by atoms with Crippen molar-refractivity contribution in [1.29, 1.82) is 0 Å². The van der Waals surface area contributed by atoms with Gasteiger partial charge in [-0.25, -0.2) is 0 Å². The maximum Gasteiger partial charge on any atom is 0.251 e. The molecule has 0 N–H and O–H groups in total. The maximum atomic E-state index is 13.3. The molecule has 6 heteroatoms. The maximum absolute atomic E-state index is 13.3. The highest BCUT2D eigenvalue weighted by atomic mass is 35.5. The lowest BCUT2D eigenvalue weighted by Crippen LogP contribution is -2.40. The highest BCUT2D eigenvalue weighted by molar-refractivity contribution is 6.69. The molecule has 0 saturated heterocycles. The number of carbonyl (C=O) groups is 1. The Labute approximate surface area is 198 Å². The van der Waals surface area contributed by atoms with Gasteiger partial charge in [0.1, 0.15) is 5.75 Å². The topological polar surface area (TPSA) is 38.8 Å². The van der Waals surface area contributed by atoms with E-state index < -0.39 is 8.32 Å². The first-order chi connectivity index (χ1) is 15.1. The summed E-state index contributed by atoms with van der Waals surface area (Å²) in [7, 11) is -1.71. The molecule has 2 aromatic rings. The van der Waals surface area contributed by atoms with Crippen molar-refractivity contribution in [1.82, 2.24) is 0 Å². The molecule has 0 aromatic heterocycles. The summed E-state index contributed by atoms with van der Waals surface area (Å²) in [5.41, 5.74) is 1.37. The molecule has 0 bridgehead atoms. The van der Waals surface area contributed by atoms with E-state index >= 15 is 0 Å². The number of fused-ring (bicyclic) bond motifs is 2. The van der Waals surface area contributed by atoms with Gasteiger partial charge in [0.2, 0.25) is 0 Å². The van der Waals surface area contributed by atoms with Crippen LogP contribution in [0.25, 0.3) is 0 Å². The number of rotatable bonds is 8. The molecule has 3 rings (SSSR count). The molecule has 1 amide bonds. The van der Waals surface area contributed by atoms with Gasteiger partial charge >= 0.3 is 0 Å². The number of ether oxygens (including phenoxy) is 1. The molecule has 32 heavy (non-hydrogen) atoms. The van der Waals surface area contributed by atoms with Gasteiger partial charge in [-0.15, -0.1) is 0 Å². The highest BCUT2D eigenvalue weighted by Gasteiger charge is 2.30. The summed E-state index contributed by atoms with van der Waals surface area (Å²) >= 11 is 6.26. The van der Waals surface area contributed by atoms with E-state index in [0.717, 1.165) is 30.6 Å². The van der Waals surface area contributed by atoms with E-state index in [0.29, 0.717) is 29.4 Å². The fraction of sp³-hybridized carbons (Fsp3) is 0.423. The summed E-state index contributed by atoms with van der Waals surface area (Å²) in [4.78, 5) is 15.1. The molecule has 0 radical (unpaired) electrons. The predicted octanol–water partition coefficient (Wildman–Crippen LogP) is 7.73. The third-order valence-electron chi connectivity index (χ3n) is 5.42. The Bertz CT molecular complexity index is 985. The van der Waals surface area contributed by atoms with Crippen LogP contribution in [0.4, 0.5) is 5.69 Å². The van der Waals surface area contributed by atoms with Crippen molar-refractivity contribution >= 4 is 31.5 Å². The Morgan fingerprint density at radius 3 is 2.69 bits per heavy atom. The Morgan fingerprint density at radius 2 is 1.97 bits per heavy atom. The third-order valence-corrected chi connectivity index (χ3v) is 6.76. The van der Waals surface area contributed by atoms with Gasteiger partial charge in [-0.1, -0.05) is 55.6 Å². The van der Waals surface area contributed by atoms with E-state index in [9.17, 15) is 4.79 Å². The summed E-state index contributed by atoms with van der Waals surface area (Å²) in [6.45, 7) is 11.4. The van der Waals surface area contributed by atoms with Gasteiger partial charge in [-0.3, -0.25) is 4.79 Å². The average Bonchev–Trinajstić information content (AvgIpc) is 2.87. The number of amides is 1. The third kappa shape index (κ3) is 6.47. The molecule has 0 fully saturated rings. The van der Waals surface area contributed by atoms with Crippen LogP contribution in [-0.4, -0.2) is 19.8 Å². The molecule has 2 aromatic carbocycles. The quantitative estimate of drug-likeness (QED) is 0.292. The first-order valence-corrected chi connectivity index (χ1v) is 15.1. The van der Waals surface area contributed by atoms with Crippen LogP contribution in [-0.2, 0) is 15.8 Å². The number of anilines is 1. The minimum absolute atomic E-state index is 0.0975. The van der Waals surface area contributed by atoms with Crippen LogP contribution < -0.4 is 9.64 Å². The summed E-state index contributed by atoms with van der Waals surface area (Å²) < 4.78 is 12.6. The molecule has 0 saturated carbocycles. The number of hydrogen-bond donors (Lipinski definition) is 0. The van der Waals surface area contributed by atoms with Gasteiger partial charge < -0.3 is 14.1 Å². The number of nitrogens with zero attached hydrogens (tertiary/aromatic N) is 1. The van der Waals surface area contributed by atoms with Crippen molar-refractivity contribution in [2.45, 2.75) is 71.3 Å². The zero-order chi connectivity index (χ0) is 23.4. The van der Waals surface area contributed by atoms with E-state index in [1.54, 1.807) is 23.1 Å². The summed E-state index contributed by atoms with van der Waals surface area (Å²) in [5, 5.41) is 0.566. The molecule has 0 spiro atoms. The molecular formula is C26H34ClNO3Si. The van der Waals surface area contributed by atoms with E-state index in [2.05, 4.69) is 33.5 Å². The lowest BCUT2D eigenvalue weighted by atomic mass is 9.95. The smallest absolute Gasteiger partial charge is 0.251 e. The summed E-state index contributed by atoms with van der Waals surface area (Å²) in [5.74, 6) is 1.28. The Morgan fingerprint density at radius 1 is 1.22 bits per heavy atom. The molecule has 1 unspecified atom stereocenters. The van der Waals surface area contributed by atoms with Crippen molar-refractivity contribution in [2.24, 2.45) is 0 Å². The fourth-order valence-corrected chi connectivity index (χ4v) is 5.91.